The van der Waals surface area contributed by atoms with Crippen LogP contribution in [0.1, 0.15) is 68.0 Å². The number of benzene rings is 3. The van der Waals surface area contributed by atoms with Crippen molar-refractivity contribution in [3.63, 3.8) is 0 Å². The van der Waals surface area contributed by atoms with Crippen LogP contribution in [0.5, 0.6) is 0 Å². The van der Waals surface area contributed by atoms with Gasteiger partial charge in [0.25, 0.3) is 0 Å². The molecule has 0 radical (unpaired) electrons. The Bertz CT molecular complexity index is 1390. The summed E-state index contributed by atoms with van der Waals surface area (Å²) in [6, 6.07) is 9.23. The second-order valence-electron chi connectivity index (χ2n) is 8.71. The van der Waals surface area contributed by atoms with E-state index in [1.165, 1.54) is 43.8 Å². The monoisotopic (exact) mass is 452 g/mol. The molecule has 0 nitrogen and oxygen atoms in total. The minimum Gasteiger partial charge on any atom is -0.180 e. The lowest BCUT2D eigenvalue weighted by atomic mass is 9.87. The van der Waals surface area contributed by atoms with E-state index in [2.05, 4.69) is 119 Å². The average Bonchev–Trinajstić information content (AvgIpc) is 2.80. The molecular formula is C32H36S. The zero-order valence-corrected chi connectivity index (χ0v) is 22.3. The van der Waals surface area contributed by atoms with Crippen LogP contribution in [0.15, 0.2) is 36.4 Å². The van der Waals surface area contributed by atoms with E-state index in [-0.39, 0.29) is 0 Å². The summed E-state index contributed by atoms with van der Waals surface area (Å²) in [7, 11) is -0.940. The first kappa shape index (κ1) is 24.8. The maximum absolute atomic E-state index is 3.74. The van der Waals surface area contributed by atoms with E-state index in [1.54, 1.807) is 0 Å². The van der Waals surface area contributed by atoms with Crippen molar-refractivity contribution in [2.45, 2.75) is 48.5 Å². The van der Waals surface area contributed by atoms with Gasteiger partial charge in [0.15, 0.2) is 0 Å². The fourth-order valence-electron chi connectivity index (χ4n) is 4.20. The Hall–Kier alpha value is -2.87. The molecule has 0 aliphatic carbocycles. The van der Waals surface area contributed by atoms with Crippen molar-refractivity contribution in [3.8, 4) is 23.0 Å². The van der Waals surface area contributed by atoms with Crippen LogP contribution in [0.3, 0.4) is 0 Å². The Kier molecular flexibility index (Phi) is 7.79. The van der Waals surface area contributed by atoms with Gasteiger partial charge in [0, 0.05) is 11.1 Å². The molecule has 3 rings (SSSR count). The minimum absolute atomic E-state index is 0.940. The van der Waals surface area contributed by atoms with E-state index >= 15 is 0 Å². The summed E-state index contributed by atoms with van der Waals surface area (Å²) >= 11 is 0. The summed E-state index contributed by atoms with van der Waals surface area (Å²) in [6.07, 6.45) is 10.9. The summed E-state index contributed by atoms with van der Waals surface area (Å²) in [5.41, 5.74) is 7.25. The molecule has 0 fully saturated rings. The molecule has 0 N–H and O–H groups in total. The molecule has 0 unspecified atom stereocenters. The van der Waals surface area contributed by atoms with Gasteiger partial charge in [-0.3, -0.25) is 0 Å². The molecule has 0 aliphatic heterocycles. The zero-order valence-electron chi connectivity index (χ0n) is 21.4. The van der Waals surface area contributed by atoms with Crippen molar-refractivity contribution in [1.29, 1.82) is 0 Å². The van der Waals surface area contributed by atoms with Crippen LogP contribution < -0.4 is 0 Å². The van der Waals surface area contributed by atoms with Crippen molar-refractivity contribution in [2.75, 3.05) is 17.8 Å². The van der Waals surface area contributed by atoms with Crippen LogP contribution in [0.2, 0.25) is 0 Å². The Morgan fingerprint density at radius 3 is 1.55 bits per heavy atom. The minimum atomic E-state index is -0.940. The lowest BCUT2D eigenvalue weighted by Gasteiger charge is -2.26. The van der Waals surface area contributed by atoms with Crippen LogP contribution >= 0.6 is 10.0 Å². The van der Waals surface area contributed by atoms with Gasteiger partial charge in [-0.05, 0) is 126 Å². The van der Waals surface area contributed by atoms with Gasteiger partial charge in [-0.25, -0.2) is 0 Å². The summed E-state index contributed by atoms with van der Waals surface area (Å²) in [6.45, 7) is 15.0. The lowest BCUT2D eigenvalue weighted by Crippen LogP contribution is -2.00. The molecule has 33 heavy (non-hydrogen) atoms. The Morgan fingerprint density at radius 1 is 0.727 bits per heavy atom. The summed E-state index contributed by atoms with van der Waals surface area (Å²) < 4.78 is 0. The highest BCUT2D eigenvalue weighted by atomic mass is 32.3. The fraction of sp³-hybridized carbons (Fsp3) is 0.312. The van der Waals surface area contributed by atoms with Crippen molar-refractivity contribution >= 4 is 43.7 Å². The second kappa shape index (κ2) is 10.4. The van der Waals surface area contributed by atoms with Gasteiger partial charge in [-0.15, -0.1) is 5.92 Å². The van der Waals surface area contributed by atoms with Gasteiger partial charge in [0.05, 0.1) is 0 Å². The lowest BCUT2D eigenvalue weighted by molar-refractivity contribution is 1.42. The van der Waals surface area contributed by atoms with Crippen LogP contribution in [0.4, 0.5) is 0 Å². The number of hydrogen-bond acceptors (Lipinski definition) is 0. The quantitative estimate of drug-likeness (QED) is 0.274. The number of rotatable bonds is 4. The first-order valence-electron chi connectivity index (χ1n) is 11.8. The highest BCUT2D eigenvalue weighted by molar-refractivity contribution is 8.36. The number of hydrogen-bond donors (Lipinski definition) is 0. The largest absolute Gasteiger partial charge is 0.180 e. The third-order valence-electron chi connectivity index (χ3n) is 6.53. The molecule has 0 atom stereocenters. The van der Waals surface area contributed by atoms with Crippen LogP contribution in [0.25, 0.3) is 33.7 Å². The topological polar surface area (TPSA) is 0 Å². The number of aryl methyl sites for hydroxylation is 2. The molecule has 0 heterocycles. The third kappa shape index (κ3) is 4.90. The molecular weight excluding hydrogens is 416 g/mol. The molecule has 0 spiro atoms. The van der Waals surface area contributed by atoms with Crippen LogP contribution in [0, 0.1) is 36.9 Å². The Labute approximate surface area is 202 Å². The molecule has 3 aromatic carbocycles. The molecule has 0 bridgehead atoms. The van der Waals surface area contributed by atoms with E-state index in [1.807, 2.05) is 6.92 Å². The zero-order chi connectivity index (χ0) is 24.2. The summed E-state index contributed by atoms with van der Waals surface area (Å²) in [5.74, 6) is 12.6. The third-order valence-corrected chi connectivity index (χ3v) is 9.67. The van der Waals surface area contributed by atoms with Crippen molar-refractivity contribution in [2.24, 2.45) is 0 Å². The first-order chi connectivity index (χ1) is 15.8. The highest BCUT2D eigenvalue weighted by Crippen LogP contribution is 2.42. The molecule has 0 aliphatic rings. The molecule has 3 aromatic rings. The number of allylic oxidation sites excluding steroid dienone is 2. The average molecular weight is 453 g/mol. The van der Waals surface area contributed by atoms with Crippen molar-refractivity contribution in [3.05, 3.63) is 69.8 Å². The maximum Gasteiger partial charge on any atom is 0.0411 e. The fourth-order valence-corrected chi connectivity index (χ4v) is 5.25. The molecule has 0 amide bonds. The van der Waals surface area contributed by atoms with Crippen LogP contribution in [-0.2, 0) is 0 Å². The van der Waals surface area contributed by atoms with E-state index in [9.17, 15) is 0 Å². The first-order valence-corrected chi connectivity index (χ1v) is 14.2. The SMILES string of the molecule is CC#Cc1c2cc(C)c(/C=C\C)cc2c(C#CS(C)(CC)CC)c2cc(C)c(/C=C\C)cc12. The number of fused-ring (bicyclic) bond motifs is 2. The van der Waals surface area contributed by atoms with E-state index in [0.717, 1.165) is 22.6 Å². The van der Waals surface area contributed by atoms with Crippen LogP contribution in [-0.4, -0.2) is 17.8 Å². The van der Waals surface area contributed by atoms with E-state index < -0.39 is 10.0 Å². The normalized spacial score (nSPS) is 12.2. The second-order valence-corrected chi connectivity index (χ2v) is 12.6. The Morgan fingerprint density at radius 2 is 1.15 bits per heavy atom. The van der Waals surface area contributed by atoms with Gasteiger partial charge >= 0.3 is 0 Å². The highest BCUT2D eigenvalue weighted by Gasteiger charge is 2.16. The van der Waals surface area contributed by atoms with E-state index in [4.69, 9.17) is 0 Å². The van der Waals surface area contributed by atoms with Gasteiger partial charge < -0.3 is 0 Å². The molecule has 0 saturated heterocycles. The standard InChI is InChI=1S/C32H36S/c1-9-14-25-21-31-27(16-11-3)29-19-23(6)26(15-10-2)22-32(29)28(30(31)20-24(25)7)17-18-33(8,12-4)13-5/h9-10,14-15,19-22H,12-13H2,1-8H3/b14-9-,15-10-. The van der Waals surface area contributed by atoms with Gasteiger partial charge in [0.1, 0.15) is 0 Å². The summed E-state index contributed by atoms with van der Waals surface area (Å²) in [4.78, 5) is 0. The predicted molar refractivity (Wildman–Crippen MR) is 154 cm³/mol. The van der Waals surface area contributed by atoms with Crippen molar-refractivity contribution in [1.82, 2.24) is 0 Å². The van der Waals surface area contributed by atoms with Gasteiger partial charge in [0.2, 0.25) is 0 Å². The molecule has 170 valence electrons. The van der Waals surface area contributed by atoms with Gasteiger partial charge in [-0.1, -0.05) is 50.0 Å². The van der Waals surface area contributed by atoms with Crippen molar-refractivity contribution < 1.29 is 0 Å². The van der Waals surface area contributed by atoms with E-state index in [0.29, 0.717) is 0 Å². The molecule has 0 saturated carbocycles. The Balaban J connectivity index is 2.62. The predicted octanol–water partition coefficient (Wildman–Crippen LogP) is 8.83. The maximum atomic E-state index is 3.74. The molecule has 0 aromatic heterocycles. The molecule has 1 heteroatoms. The smallest absolute Gasteiger partial charge is 0.0411 e. The summed E-state index contributed by atoms with van der Waals surface area (Å²) in [5, 5.41) is 8.55. The van der Waals surface area contributed by atoms with Gasteiger partial charge in [-0.2, -0.15) is 10.0 Å².